The van der Waals surface area contributed by atoms with E-state index in [1.807, 2.05) is 55.3 Å². The van der Waals surface area contributed by atoms with Gasteiger partial charge in [0.25, 0.3) is 0 Å². The highest BCUT2D eigenvalue weighted by molar-refractivity contribution is 5.74. The van der Waals surface area contributed by atoms with Crippen molar-refractivity contribution in [1.29, 1.82) is 0 Å². The minimum Gasteiger partial charge on any atom is -0.424 e. The first-order valence-corrected chi connectivity index (χ1v) is 9.68. The molecule has 30 heavy (non-hydrogen) atoms. The molecule has 160 valence electrons. The SMILES string of the molecule is CN=CN(C)CCc1nnc(C(C)N)o1.Cc1ccccc1.O=Cc1ccccc1. The number of aromatic nitrogens is 2. The molecule has 1 unspecified atom stereocenters. The molecule has 0 saturated carbocycles. The van der Waals surface area contributed by atoms with Crippen LogP contribution in [-0.4, -0.2) is 48.4 Å². The van der Waals surface area contributed by atoms with Gasteiger partial charge in [0.05, 0.1) is 12.4 Å². The zero-order valence-corrected chi connectivity index (χ0v) is 18.1. The number of nitrogens with zero attached hydrogens (tertiary/aromatic N) is 4. The molecule has 1 heterocycles. The number of carbonyl (C=O) groups excluding carboxylic acids is 1. The fourth-order valence-corrected chi connectivity index (χ4v) is 2.14. The molecule has 0 spiro atoms. The number of benzene rings is 2. The molecule has 0 aliphatic heterocycles. The second kappa shape index (κ2) is 14.6. The summed E-state index contributed by atoms with van der Waals surface area (Å²) in [5.41, 5.74) is 7.65. The van der Waals surface area contributed by atoms with Gasteiger partial charge in [-0.3, -0.25) is 9.79 Å². The van der Waals surface area contributed by atoms with Crippen LogP contribution in [0.1, 0.15) is 40.7 Å². The molecule has 2 N–H and O–H groups in total. The van der Waals surface area contributed by atoms with Crippen LogP contribution >= 0.6 is 0 Å². The highest BCUT2D eigenvalue weighted by Gasteiger charge is 2.09. The van der Waals surface area contributed by atoms with Crippen LogP contribution in [0, 0.1) is 6.92 Å². The maximum absolute atomic E-state index is 10.0. The van der Waals surface area contributed by atoms with Crippen molar-refractivity contribution in [2.24, 2.45) is 10.7 Å². The van der Waals surface area contributed by atoms with E-state index >= 15 is 0 Å². The molecule has 0 saturated heterocycles. The highest BCUT2D eigenvalue weighted by atomic mass is 16.4. The molecule has 0 amide bonds. The van der Waals surface area contributed by atoms with Crippen LogP contribution in [0.4, 0.5) is 0 Å². The van der Waals surface area contributed by atoms with Gasteiger partial charge in [0.2, 0.25) is 11.8 Å². The third kappa shape index (κ3) is 10.9. The van der Waals surface area contributed by atoms with Crippen LogP contribution in [0.3, 0.4) is 0 Å². The Morgan fingerprint density at radius 2 is 1.70 bits per heavy atom. The van der Waals surface area contributed by atoms with Gasteiger partial charge in [0.1, 0.15) is 6.29 Å². The predicted molar refractivity (Wildman–Crippen MR) is 121 cm³/mol. The maximum Gasteiger partial charge on any atom is 0.232 e. The lowest BCUT2D eigenvalue weighted by atomic mass is 10.2. The molecule has 3 rings (SSSR count). The van der Waals surface area contributed by atoms with Crippen molar-refractivity contribution in [2.75, 3.05) is 20.6 Å². The molecule has 1 aromatic heterocycles. The summed E-state index contributed by atoms with van der Waals surface area (Å²) in [7, 11) is 3.67. The fraction of sp³-hybridized carbons (Fsp3) is 0.304. The number of likely N-dealkylation sites (N-methyl/N-ethyl adjacent to an activating group) is 1. The molecule has 2 aromatic carbocycles. The normalized spacial score (nSPS) is 11.0. The van der Waals surface area contributed by atoms with Crippen molar-refractivity contribution in [1.82, 2.24) is 15.1 Å². The average Bonchev–Trinajstić information content (AvgIpc) is 3.24. The predicted octanol–water partition coefficient (Wildman–Crippen LogP) is 3.72. The molecule has 7 nitrogen and oxygen atoms in total. The van der Waals surface area contributed by atoms with E-state index in [1.54, 1.807) is 25.5 Å². The summed E-state index contributed by atoms with van der Waals surface area (Å²) in [6.07, 6.45) is 3.28. The van der Waals surface area contributed by atoms with Crippen molar-refractivity contribution in [2.45, 2.75) is 26.3 Å². The summed E-state index contributed by atoms with van der Waals surface area (Å²) in [4.78, 5) is 15.9. The molecular formula is C23H31N5O2. The molecule has 0 radical (unpaired) electrons. The van der Waals surface area contributed by atoms with E-state index in [0.717, 1.165) is 18.4 Å². The molecule has 0 aliphatic carbocycles. The first kappa shape index (κ1) is 24.7. The molecule has 0 aliphatic rings. The number of carbonyl (C=O) groups is 1. The van der Waals surface area contributed by atoms with Gasteiger partial charge >= 0.3 is 0 Å². The van der Waals surface area contributed by atoms with Crippen LogP contribution in [0.25, 0.3) is 0 Å². The maximum atomic E-state index is 10.0. The fourth-order valence-electron chi connectivity index (χ4n) is 2.14. The summed E-state index contributed by atoms with van der Waals surface area (Å²) in [5, 5.41) is 7.75. The van der Waals surface area contributed by atoms with Crippen molar-refractivity contribution >= 4 is 12.6 Å². The second-order valence-electron chi connectivity index (χ2n) is 6.61. The van der Waals surface area contributed by atoms with Gasteiger partial charge in [-0.1, -0.05) is 66.2 Å². The highest BCUT2D eigenvalue weighted by Crippen LogP contribution is 2.07. The average molecular weight is 410 g/mol. The van der Waals surface area contributed by atoms with Gasteiger partial charge in [0, 0.05) is 32.6 Å². The second-order valence-corrected chi connectivity index (χ2v) is 6.61. The van der Waals surface area contributed by atoms with E-state index < -0.39 is 0 Å². The monoisotopic (exact) mass is 409 g/mol. The van der Waals surface area contributed by atoms with E-state index in [0.29, 0.717) is 18.2 Å². The van der Waals surface area contributed by atoms with Crippen LogP contribution in [0.2, 0.25) is 0 Å². The van der Waals surface area contributed by atoms with Crippen molar-refractivity contribution in [3.63, 3.8) is 0 Å². The Hall–Kier alpha value is -3.32. The van der Waals surface area contributed by atoms with Crippen LogP contribution in [-0.2, 0) is 6.42 Å². The van der Waals surface area contributed by atoms with Gasteiger partial charge in [-0.15, -0.1) is 10.2 Å². The lowest BCUT2D eigenvalue weighted by molar-refractivity contribution is 0.112. The molecule has 0 fully saturated rings. The molecule has 0 bridgehead atoms. The van der Waals surface area contributed by atoms with Crippen molar-refractivity contribution in [3.8, 4) is 0 Å². The Kier molecular flexibility index (Phi) is 12.1. The van der Waals surface area contributed by atoms with E-state index in [4.69, 9.17) is 10.2 Å². The lowest BCUT2D eigenvalue weighted by Crippen LogP contribution is -2.19. The zero-order chi connectivity index (χ0) is 22.2. The number of rotatable bonds is 6. The van der Waals surface area contributed by atoms with Crippen LogP contribution in [0.15, 0.2) is 70.1 Å². The summed E-state index contributed by atoms with van der Waals surface area (Å²) < 4.78 is 5.36. The largest absolute Gasteiger partial charge is 0.424 e. The standard InChI is InChI=1S/C9H17N5O.C7H6O.C7H8/c1-7(10)9-13-12-8(15-9)4-5-14(3)6-11-2;8-6-7-4-2-1-3-5-7;1-7-5-3-2-4-6-7/h6-7H,4-5,10H2,1-3H3;1-6H;2-6H,1H3. The van der Waals surface area contributed by atoms with Crippen molar-refractivity contribution < 1.29 is 9.21 Å². The first-order valence-electron chi connectivity index (χ1n) is 9.68. The zero-order valence-electron chi connectivity index (χ0n) is 18.1. The molecule has 7 heteroatoms. The quantitative estimate of drug-likeness (QED) is 0.379. The summed E-state index contributed by atoms with van der Waals surface area (Å²) >= 11 is 0. The number of aliphatic imine (C=N–C) groups is 1. The molecule has 1 atom stereocenters. The Balaban J connectivity index is 0.000000250. The summed E-state index contributed by atoms with van der Waals surface area (Å²) in [6, 6.07) is 19.2. The minimum absolute atomic E-state index is 0.207. The number of hydrogen-bond acceptors (Lipinski definition) is 6. The molecular weight excluding hydrogens is 378 g/mol. The number of aryl methyl sites for hydroxylation is 1. The Bertz CT molecular complexity index is 848. The van der Waals surface area contributed by atoms with Gasteiger partial charge in [0.15, 0.2) is 0 Å². The minimum atomic E-state index is -0.207. The van der Waals surface area contributed by atoms with Gasteiger partial charge in [-0.05, 0) is 13.8 Å². The Labute approximate surface area is 178 Å². The van der Waals surface area contributed by atoms with E-state index in [1.165, 1.54) is 5.56 Å². The van der Waals surface area contributed by atoms with E-state index in [-0.39, 0.29) is 6.04 Å². The van der Waals surface area contributed by atoms with E-state index in [9.17, 15) is 4.79 Å². The number of hydrogen-bond donors (Lipinski definition) is 1. The van der Waals surface area contributed by atoms with Gasteiger partial charge < -0.3 is 15.1 Å². The smallest absolute Gasteiger partial charge is 0.232 e. The van der Waals surface area contributed by atoms with Gasteiger partial charge in [-0.2, -0.15) is 0 Å². The lowest BCUT2D eigenvalue weighted by Gasteiger charge is -2.09. The van der Waals surface area contributed by atoms with Crippen LogP contribution in [0.5, 0.6) is 0 Å². The third-order valence-corrected chi connectivity index (χ3v) is 3.74. The Morgan fingerprint density at radius 3 is 2.10 bits per heavy atom. The Morgan fingerprint density at radius 1 is 1.10 bits per heavy atom. The van der Waals surface area contributed by atoms with Crippen LogP contribution < -0.4 is 5.73 Å². The van der Waals surface area contributed by atoms with Gasteiger partial charge in [-0.25, -0.2) is 0 Å². The first-order chi connectivity index (χ1) is 14.5. The summed E-state index contributed by atoms with van der Waals surface area (Å²) in [5.74, 6) is 1.09. The van der Waals surface area contributed by atoms with E-state index in [2.05, 4.69) is 34.2 Å². The third-order valence-electron chi connectivity index (χ3n) is 3.74. The number of aldehydes is 1. The number of nitrogens with two attached hydrogens (primary N) is 1. The molecule has 3 aromatic rings. The van der Waals surface area contributed by atoms with Crippen molar-refractivity contribution in [3.05, 3.63) is 83.6 Å². The topological polar surface area (TPSA) is 97.6 Å². The summed E-state index contributed by atoms with van der Waals surface area (Å²) in [6.45, 7) is 4.69.